The number of morpholine rings is 1. The van der Waals surface area contributed by atoms with Gasteiger partial charge in [-0.2, -0.15) is 0 Å². The van der Waals surface area contributed by atoms with E-state index in [-0.39, 0.29) is 23.7 Å². The number of anilines is 2. The third-order valence-corrected chi connectivity index (χ3v) is 8.31. The number of nitrogens with zero attached hydrogens (tertiary/aromatic N) is 3. The summed E-state index contributed by atoms with van der Waals surface area (Å²) in [6.45, 7) is 4.61. The number of rotatable bonds is 10. The number of carbonyl (C=O) groups excluding carboxylic acids is 2. The summed E-state index contributed by atoms with van der Waals surface area (Å²) in [6.07, 6.45) is 2.79. The maximum atomic E-state index is 13.0. The van der Waals surface area contributed by atoms with Crippen LogP contribution in [0.15, 0.2) is 66.7 Å². The molecule has 2 N–H and O–H groups in total. The van der Waals surface area contributed by atoms with Gasteiger partial charge in [-0.1, -0.05) is 47.5 Å². The van der Waals surface area contributed by atoms with Crippen molar-refractivity contribution in [1.82, 2.24) is 10.3 Å². The van der Waals surface area contributed by atoms with Crippen LogP contribution in [0.5, 0.6) is 5.75 Å². The van der Waals surface area contributed by atoms with E-state index >= 15 is 0 Å². The fourth-order valence-corrected chi connectivity index (χ4v) is 5.63. The number of hydrogen-bond donors (Lipinski definition) is 2. The van der Waals surface area contributed by atoms with Crippen LogP contribution in [0.25, 0.3) is 17.0 Å². The highest BCUT2D eigenvalue weighted by molar-refractivity contribution is 6.38. The number of halogens is 2. The molecule has 0 spiro atoms. The highest BCUT2D eigenvalue weighted by Crippen LogP contribution is 2.37. The van der Waals surface area contributed by atoms with Gasteiger partial charge in [0.1, 0.15) is 17.9 Å². The molecule has 46 heavy (non-hydrogen) atoms. The van der Waals surface area contributed by atoms with Crippen LogP contribution in [0.2, 0.25) is 10.0 Å². The van der Waals surface area contributed by atoms with Gasteiger partial charge in [0.2, 0.25) is 11.8 Å². The number of pyridine rings is 1. The minimum Gasteiger partial charge on any atom is -0.487 e. The Balaban J connectivity index is 1.26. The fourth-order valence-electron chi connectivity index (χ4n) is 5.02. The van der Waals surface area contributed by atoms with Gasteiger partial charge in [-0.05, 0) is 55.0 Å². The topological polar surface area (TPSA) is 121 Å². The summed E-state index contributed by atoms with van der Waals surface area (Å²) in [5.41, 5.74) is 4.34. The number of hydrogen-bond acceptors (Lipinski definition) is 7. The zero-order chi connectivity index (χ0) is 32.8. The van der Waals surface area contributed by atoms with Gasteiger partial charge in [0, 0.05) is 53.6 Å². The number of aryl methyl sites for hydroxylation is 1. The van der Waals surface area contributed by atoms with Crippen LogP contribution in [0.3, 0.4) is 0 Å². The van der Waals surface area contributed by atoms with Crippen molar-refractivity contribution in [3.05, 3.63) is 99.2 Å². The largest absolute Gasteiger partial charge is 0.487 e. The summed E-state index contributed by atoms with van der Waals surface area (Å²) in [4.78, 5) is 44.7. The van der Waals surface area contributed by atoms with Gasteiger partial charge in [-0.3, -0.25) is 9.59 Å². The molecule has 5 rings (SSSR count). The molecule has 0 unspecified atom stereocenters. The van der Waals surface area contributed by atoms with Crippen LogP contribution in [0.4, 0.5) is 11.4 Å². The zero-order valence-corrected chi connectivity index (χ0v) is 26.8. The average Bonchev–Trinajstić information content (AvgIpc) is 3.06. The number of likely N-dealkylation sites (N-methyl/N-ethyl adjacent to an activating group) is 1. The molecule has 2 amide bonds. The lowest BCUT2D eigenvalue weighted by Crippen LogP contribution is -2.37. The van der Waals surface area contributed by atoms with Gasteiger partial charge >= 0.3 is 5.97 Å². The molecule has 3 aromatic carbocycles. The molecule has 1 saturated heterocycles. The average molecular weight is 664 g/mol. The smallest absolute Gasteiger partial charge is 0.335 e. The molecule has 1 aliphatic rings. The minimum absolute atomic E-state index is 0.0319. The van der Waals surface area contributed by atoms with Crippen LogP contribution in [0, 0.1) is 6.92 Å². The molecule has 4 aromatic rings. The number of amides is 2. The van der Waals surface area contributed by atoms with E-state index in [4.69, 9.17) is 42.8 Å². The molecule has 238 valence electrons. The van der Waals surface area contributed by atoms with Gasteiger partial charge in [-0.25, -0.2) is 9.78 Å². The first-order valence-corrected chi connectivity index (χ1v) is 15.3. The lowest BCUT2D eigenvalue weighted by molar-refractivity contribution is -0.122. The number of carbonyl (C=O) groups is 3. The molecule has 0 radical (unpaired) electrons. The summed E-state index contributed by atoms with van der Waals surface area (Å²) in [7, 11) is 1.55. The van der Waals surface area contributed by atoms with Crippen LogP contribution < -0.4 is 19.9 Å². The van der Waals surface area contributed by atoms with E-state index in [0.717, 1.165) is 35.4 Å². The summed E-state index contributed by atoms with van der Waals surface area (Å²) < 4.78 is 11.8. The van der Waals surface area contributed by atoms with Crippen molar-refractivity contribution in [2.45, 2.75) is 13.5 Å². The molecule has 12 heteroatoms. The first-order valence-electron chi connectivity index (χ1n) is 14.5. The molecular formula is C34H32Cl2N4O6. The lowest BCUT2D eigenvalue weighted by Gasteiger charge is -2.30. The SMILES string of the molecule is Cc1cc(N2CCOCC2)c2cccc(OCc3c(Cl)ccc(N(C)C(=O)CNC(=O)/C=C/c4ccc(C(=O)O)cc4)c3Cl)c2n1. The van der Waals surface area contributed by atoms with E-state index in [1.807, 2.05) is 25.1 Å². The van der Waals surface area contributed by atoms with E-state index in [2.05, 4.69) is 16.3 Å². The minimum atomic E-state index is -1.04. The fraction of sp³-hybridized carbons (Fsp3) is 0.235. The normalized spacial score (nSPS) is 13.2. The maximum absolute atomic E-state index is 13.0. The van der Waals surface area contributed by atoms with Crippen molar-refractivity contribution in [1.29, 1.82) is 0 Å². The van der Waals surface area contributed by atoms with Crippen molar-refractivity contribution < 1.29 is 29.0 Å². The third-order valence-electron chi connectivity index (χ3n) is 7.53. The molecule has 1 aliphatic heterocycles. The maximum Gasteiger partial charge on any atom is 0.335 e. The summed E-state index contributed by atoms with van der Waals surface area (Å²) >= 11 is 13.3. The number of aromatic carboxylic acids is 1. The van der Waals surface area contributed by atoms with E-state index < -0.39 is 17.8 Å². The number of para-hydroxylation sites is 1. The number of ether oxygens (including phenoxy) is 2. The lowest BCUT2D eigenvalue weighted by atomic mass is 10.1. The standard InChI is InChI=1S/C34H32Cl2N4O6/c1-21-18-28(40-14-16-45-17-15-40)24-4-3-5-29(33(24)38-21)46-20-25-26(35)11-12-27(32(25)36)39(2)31(42)19-37-30(41)13-8-22-6-9-23(10-7-22)34(43)44/h3-13,18H,14-17,19-20H2,1-2H3,(H,37,41)(H,43,44)/b13-8+. The van der Waals surface area contributed by atoms with Gasteiger partial charge < -0.3 is 29.7 Å². The Bertz CT molecular complexity index is 1810. The van der Waals surface area contributed by atoms with Crippen molar-refractivity contribution >= 4 is 69.3 Å². The monoisotopic (exact) mass is 662 g/mol. The van der Waals surface area contributed by atoms with Gasteiger partial charge in [0.15, 0.2) is 0 Å². The first-order chi connectivity index (χ1) is 22.1. The highest BCUT2D eigenvalue weighted by atomic mass is 35.5. The number of nitrogens with one attached hydrogen (secondary N) is 1. The summed E-state index contributed by atoms with van der Waals surface area (Å²) in [6, 6.07) is 17.2. The molecule has 0 bridgehead atoms. The molecule has 0 atom stereocenters. The van der Waals surface area contributed by atoms with E-state index in [0.29, 0.717) is 40.8 Å². The van der Waals surface area contributed by atoms with E-state index in [1.165, 1.54) is 29.2 Å². The first kappa shape index (κ1) is 32.7. The van der Waals surface area contributed by atoms with Gasteiger partial charge in [0.05, 0.1) is 36.0 Å². The molecule has 0 aliphatic carbocycles. The predicted molar refractivity (Wildman–Crippen MR) is 179 cm³/mol. The van der Waals surface area contributed by atoms with Crippen molar-refractivity contribution in [3.8, 4) is 5.75 Å². The third kappa shape index (κ3) is 7.59. The Kier molecular flexibility index (Phi) is 10.4. The second-order valence-electron chi connectivity index (χ2n) is 10.6. The number of fused-ring (bicyclic) bond motifs is 1. The molecule has 2 heterocycles. The molecule has 1 fully saturated rings. The Morgan fingerprint density at radius 2 is 1.83 bits per heavy atom. The quantitative estimate of drug-likeness (QED) is 0.206. The Labute approximate surface area is 276 Å². The Morgan fingerprint density at radius 1 is 1.09 bits per heavy atom. The molecule has 0 saturated carbocycles. The van der Waals surface area contributed by atoms with Crippen LogP contribution in [0.1, 0.15) is 27.2 Å². The Hall–Kier alpha value is -4.64. The second kappa shape index (κ2) is 14.6. The van der Waals surface area contributed by atoms with Crippen molar-refractivity contribution in [2.75, 3.05) is 49.7 Å². The van der Waals surface area contributed by atoms with Crippen molar-refractivity contribution in [3.63, 3.8) is 0 Å². The predicted octanol–water partition coefficient (Wildman–Crippen LogP) is 5.76. The second-order valence-corrected chi connectivity index (χ2v) is 11.4. The molecular weight excluding hydrogens is 631 g/mol. The van der Waals surface area contributed by atoms with Crippen LogP contribution in [-0.4, -0.2) is 67.8 Å². The summed E-state index contributed by atoms with van der Waals surface area (Å²) in [5.74, 6) is -1.36. The summed E-state index contributed by atoms with van der Waals surface area (Å²) in [5, 5.41) is 13.2. The van der Waals surface area contributed by atoms with Crippen LogP contribution >= 0.6 is 23.2 Å². The number of benzene rings is 3. The van der Waals surface area contributed by atoms with E-state index in [1.54, 1.807) is 31.3 Å². The molecule has 10 nitrogen and oxygen atoms in total. The number of aromatic nitrogens is 1. The van der Waals surface area contributed by atoms with Crippen molar-refractivity contribution in [2.24, 2.45) is 0 Å². The van der Waals surface area contributed by atoms with Gasteiger partial charge in [0.25, 0.3) is 0 Å². The Morgan fingerprint density at radius 3 is 2.54 bits per heavy atom. The van der Waals surface area contributed by atoms with Crippen LogP contribution in [-0.2, 0) is 20.9 Å². The van der Waals surface area contributed by atoms with E-state index in [9.17, 15) is 14.4 Å². The number of carboxylic acid groups (broad SMARTS) is 1. The van der Waals surface area contributed by atoms with Gasteiger partial charge in [-0.15, -0.1) is 0 Å². The molecule has 1 aromatic heterocycles. The highest BCUT2D eigenvalue weighted by Gasteiger charge is 2.21. The zero-order valence-electron chi connectivity index (χ0n) is 25.3. The number of carboxylic acids is 1.